The molecule has 0 bridgehead atoms. The molecular weight excluding hydrogens is 480 g/mol. The molecule has 3 aromatic carbocycles. The van der Waals surface area contributed by atoms with Crippen molar-refractivity contribution in [3.8, 4) is 17.2 Å². The molecule has 0 aliphatic carbocycles. The first-order valence-electron chi connectivity index (χ1n) is 11.6. The molecule has 1 N–H and O–H groups in total. The van der Waals surface area contributed by atoms with Gasteiger partial charge in [0.05, 0.1) is 18.4 Å². The molecule has 0 fully saturated rings. The maximum atomic E-state index is 12.4. The van der Waals surface area contributed by atoms with E-state index in [1.807, 2.05) is 32.0 Å². The van der Waals surface area contributed by atoms with Crippen LogP contribution in [0.3, 0.4) is 0 Å². The quantitative estimate of drug-likeness (QED) is 0.159. The zero-order valence-electron chi connectivity index (χ0n) is 20.7. The van der Waals surface area contributed by atoms with E-state index in [1.165, 1.54) is 6.21 Å². The zero-order valence-corrected chi connectivity index (χ0v) is 21.5. The first-order chi connectivity index (χ1) is 17.3. The molecule has 8 heteroatoms. The second-order valence-electron chi connectivity index (χ2n) is 8.31. The predicted octanol–water partition coefficient (Wildman–Crippen LogP) is 5.92. The smallest absolute Gasteiger partial charge is 0.343 e. The molecule has 0 saturated carbocycles. The lowest BCUT2D eigenvalue weighted by Gasteiger charge is -2.14. The molecule has 0 spiro atoms. The summed E-state index contributed by atoms with van der Waals surface area (Å²) in [5, 5.41) is 4.52. The molecule has 36 heavy (non-hydrogen) atoms. The van der Waals surface area contributed by atoms with E-state index in [0.717, 1.165) is 11.1 Å². The number of ether oxygens (including phenoxy) is 3. The lowest BCUT2D eigenvalue weighted by molar-refractivity contribution is -0.123. The fraction of sp³-hybridized carbons (Fsp3) is 0.250. The maximum Gasteiger partial charge on any atom is 0.343 e. The van der Waals surface area contributed by atoms with Crippen LogP contribution in [0.1, 0.15) is 53.7 Å². The van der Waals surface area contributed by atoms with Crippen molar-refractivity contribution in [2.45, 2.75) is 33.6 Å². The number of halogens is 1. The molecule has 0 aromatic heterocycles. The summed E-state index contributed by atoms with van der Waals surface area (Å²) >= 11 is 5.87. The van der Waals surface area contributed by atoms with Crippen molar-refractivity contribution in [3.05, 3.63) is 87.9 Å². The number of carbonyl (C=O) groups is 2. The largest absolute Gasteiger partial charge is 0.490 e. The Bertz CT molecular complexity index is 1240. The Labute approximate surface area is 216 Å². The Balaban J connectivity index is 1.61. The van der Waals surface area contributed by atoms with Gasteiger partial charge < -0.3 is 14.2 Å². The molecule has 0 aliphatic rings. The molecule has 188 valence electrons. The number of hydrogen-bond acceptors (Lipinski definition) is 6. The number of rotatable bonds is 10. The molecule has 0 radical (unpaired) electrons. The van der Waals surface area contributed by atoms with Gasteiger partial charge in [-0.3, -0.25) is 4.79 Å². The third-order valence-electron chi connectivity index (χ3n) is 5.10. The van der Waals surface area contributed by atoms with Gasteiger partial charge in [0.25, 0.3) is 5.91 Å². The first kappa shape index (κ1) is 26.8. The van der Waals surface area contributed by atoms with E-state index in [2.05, 4.69) is 24.4 Å². The van der Waals surface area contributed by atoms with Crippen LogP contribution in [0.4, 0.5) is 0 Å². The van der Waals surface area contributed by atoms with Gasteiger partial charge >= 0.3 is 5.97 Å². The van der Waals surface area contributed by atoms with Gasteiger partial charge in [0.1, 0.15) is 5.75 Å². The number of nitrogens with zero attached hydrogens (tertiary/aromatic N) is 1. The highest BCUT2D eigenvalue weighted by Crippen LogP contribution is 2.29. The minimum atomic E-state index is -0.532. The van der Waals surface area contributed by atoms with Crippen LogP contribution in [-0.4, -0.2) is 31.3 Å². The zero-order chi connectivity index (χ0) is 26.1. The number of carbonyl (C=O) groups excluding carboxylic acids is 2. The van der Waals surface area contributed by atoms with E-state index in [0.29, 0.717) is 34.3 Å². The number of hydrogen-bond donors (Lipinski definition) is 1. The van der Waals surface area contributed by atoms with Crippen LogP contribution in [0.25, 0.3) is 0 Å². The highest BCUT2D eigenvalue weighted by atomic mass is 35.5. The number of amides is 1. The van der Waals surface area contributed by atoms with E-state index >= 15 is 0 Å². The van der Waals surface area contributed by atoms with Crippen LogP contribution in [0.15, 0.2) is 65.8 Å². The summed E-state index contributed by atoms with van der Waals surface area (Å²) in [6.07, 6.45) is 1.47. The number of benzene rings is 3. The summed E-state index contributed by atoms with van der Waals surface area (Å²) in [6, 6.07) is 17.3. The van der Waals surface area contributed by atoms with Crippen molar-refractivity contribution in [1.82, 2.24) is 5.43 Å². The summed E-state index contributed by atoms with van der Waals surface area (Å²) in [5.74, 6) is 0.685. The molecule has 0 atom stereocenters. The monoisotopic (exact) mass is 508 g/mol. The Hall–Kier alpha value is -3.84. The molecule has 0 saturated heterocycles. The number of hydrazone groups is 1. The van der Waals surface area contributed by atoms with Crippen molar-refractivity contribution in [3.63, 3.8) is 0 Å². The van der Waals surface area contributed by atoms with Crippen molar-refractivity contribution in [1.29, 1.82) is 0 Å². The van der Waals surface area contributed by atoms with E-state index in [-0.39, 0.29) is 24.2 Å². The highest BCUT2D eigenvalue weighted by molar-refractivity contribution is 6.30. The van der Waals surface area contributed by atoms with Crippen molar-refractivity contribution in [2.75, 3.05) is 13.2 Å². The minimum Gasteiger partial charge on any atom is -0.490 e. The van der Waals surface area contributed by atoms with Crippen LogP contribution in [0.5, 0.6) is 17.2 Å². The maximum absolute atomic E-state index is 12.4. The second-order valence-corrected chi connectivity index (χ2v) is 8.75. The van der Waals surface area contributed by atoms with Gasteiger partial charge in [-0.15, -0.1) is 0 Å². The topological polar surface area (TPSA) is 86.2 Å². The van der Waals surface area contributed by atoms with Crippen LogP contribution >= 0.6 is 11.6 Å². The predicted molar refractivity (Wildman–Crippen MR) is 141 cm³/mol. The average Bonchev–Trinajstić information content (AvgIpc) is 2.84. The highest BCUT2D eigenvalue weighted by Gasteiger charge is 2.14. The average molecular weight is 509 g/mol. The van der Waals surface area contributed by atoms with E-state index < -0.39 is 5.97 Å². The van der Waals surface area contributed by atoms with Gasteiger partial charge in [-0.05, 0) is 85.0 Å². The third kappa shape index (κ3) is 7.58. The SMILES string of the molecule is CCOc1cc(/C=N\NC(=O)COc2cc(C)ccc2C(C)C)ccc1OC(=O)c1ccc(Cl)cc1. The van der Waals surface area contributed by atoms with Gasteiger partial charge in [-0.1, -0.05) is 37.6 Å². The first-order valence-corrected chi connectivity index (χ1v) is 11.9. The fourth-order valence-corrected chi connectivity index (χ4v) is 3.43. The molecule has 0 aliphatic heterocycles. The Morgan fingerprint density at radius 1 is 0.972 bits per heavy atom. The molecule has 1 amide bonds. The van der Waals surface area contributed by atoms with Crippen molar-refractivity contribution in [2.24, 2.45) is 5.10 Å². The summed E-state index contributed by atoms with van der Waals surface area (Å²) in [6.45, 7) is 8.15. The van der Waals surface area contributed by atoms with Gasteiger partial charge in [0.2, 0.25) is 0 Å². The van der Waals surface area contributed by atoms with E-state index in [9.17, 15) is 9.59 Å². The number of aryl methyl sites for hydroxylation is 1. The summed E-state index contributed by atoms with van der Waals surface area (Å²) in [5.41, 5.74) is 5.56. The van der Waals surface area contributed by atoms with Crippen LogP contribution in [-0.2, 0) is 4.79 Å². The van der Waals surface area contributed by atoms with Crippen molar-refractivity contribution < 1.29 is 23.8 Å². The van der Waals surface area contributed by atoms with Crippen LogP contribution in [0.2, 0.25) is 5.02 Å². The Morgan fingerprint density at radius 3 is 2.42 bits per heavy atom. The Kier molecular flexibility index (Phi) is 9.47. The normalized spacial score (nSPS) is 10.9. The number of nitrogens with one attached hydrogen (secondary N) is 1. The van der Waals surface area contributed by atoms with Gasteiger partial charge in [0, 0.05) is 5.02 Å². The molecule has 0 heterocycles. The number of esters is 1. The molecule has 7 nitrogen and oxygen atoms in total. The molecule has 3 aromatic rings. The van der Waals surface area contributed by atoms with Gasteiger partial charge in [-0.25, -0.2) is 10.2 Å². The summed E-state index contributed by atoms with van der Waals surface area (Å²) in [7, 11) is 0. The van der Waals surface area contributed by atoms with E-state index in [4.69, 9.17) is 25.8 Å². The summed E-state index contributed by atoms with van der Waals surface area (Å²) < 4.78 is 16.8. The minimum absolute atomic E-state index is 0.162. The third-order valence-corrected chi connectivity index (χ3v) is 5.35. The second kappa shape index (κ2) is 12.7. The fourth-order valence-electron chi connectivity index (χ4n) is 3.30. The summed E-state index contributed by atoms with van der Waals surface area (Å²) in [4.78, 5) is 24.7. The molecule has 0 unspecified atom stereocenters. The van der Waals surface area contributed by atoms with Crippen molar-refractivity contribution >= 4 is 29.7 Å². The lowest BCUT2D eigenvalue weighted by Crippen LogP contribution is -2.25. The molecule has 3 rings (SSSR count). The molecular formula is C28H29ClN2O5. The van der Waals surface area contributed by atoms with Gasteiger partial charge in [0.15, 0.2) is 18.1 Å². The van der Waals surface area contributed by atoms with Crippen LogP contribution in [0, 0.1) is 6.92 Å². The van der Waals surface area contributed by atoms with E-state index in [1.54, 1.807) is 42.5 Å². The van der Waals surface area contributed by atoms with Gasteiger partial charge in [-0.2, -0.15) is 5.10 Å². The van der Waals surface area contributed by atoms with Crippen LogP contribution < -0.4 is 19.6 Å². The Morgan fingerprint density at radius 2 is 1.72 bits per heavy atom. The lowest BCUT2D eigenvalue weighted by atomic mass is 10.0. The standard InChI is InChI=1S/C28H29ClN2O5/c1-5-34-26-15-20(7-13-24(26)36-28(33)21-8-10-22(29)11-9-21)16-30-31-27(32)17-35-25-14-19(4)6-12-23(25)18(2)3/h6-16,18H,5,17H2,1-4H3,(H,31,32)/b30-16-.